The summed E-state index contributed by atoms with van der Waals surface area (Å²) in [4.78, 5) is 34.9. The zero-order chi connectivity index (χ0) is 22.2. The first kappa shape index (κ1) is 21.2. The van der Waals surface area contributed by atoms with Crippen molar-refractivity contribution >= 4 is 17.1 Å². The van der Waals surface area contributed by atoms with Crippen LogP contribution in [0.3, 0.4) is 0 Å². The summed E-state index contributed by atoms with van der Waals surface area (Å²) < 4.78 is 1.67. The van der Waals surface area contributed by atoms with E-state index in [1.807, 2.05) is 36.1 Å². The Bertz CT molecular complexity index is 1140. The molecule has 8 heteroatoms. The van der Waals surface area contributed by atoms with Crippen LogP contribution < -0.4 is 5.56 Å². The smallest absolute Gasteiger partial charge is 0.281 e. The maximum Gasteiger partial charge on any atom is 0.281 e. The molecule has 4 rings (SSSR count). The second kappa shape index (κ2) is 8.24. The fraction of sp³-hybridized carbons (Fsp3) is 0.522. The molecular formula is C23H30N6O2. The van der Waals surface area contributed by atoms with Crippen LogP contribution in [-0.2, 0) is 11.3 Å². The van der Waals surface area contributed by atoms with E-state index in [-0.39, 0.29) is 28.3 Å². The molecule has 1 atom stereocenters. The van der Waals surface area contributed by atoms with Crippen LogP contribution in [0.2, 0.25) is 0 Å². The fourth-order valence-corrected chi connectivity index (χ4v) is 4.04. The van der Waals surface area contributed by atoms with E-state index in [4.69, 9.17) is 4.98 Å². The molecule has 1 N–H and O–H groups in total. The molecule has 0 saturated carbocycles. The van der Waals surface area contributed by atoms with Crippen molar-refractivity contribution in [2.45, 2.75) is 59.4 Å². The molecule has 3 aromatic rings. The van der Waals surface area contributed by atoms with Crippen LogP contribution in [0.25, 0.3) is 11.2 Å². The normalized spacial score (nSPS) is 17.3. The Hall–Kier alpha value is -3.03. The van der Waals surface area contributed by atoms with Gasteiger partial charge in [-0.25, -0.2) is 9.67 Å². The number of nitrogens with zero attached hydrogens (tertiary/aromatic N) is 5. The van der Waals surface area contributed by atoms with Gasteiger partial charge in [-0.1, -0.05) is 55.8 Å². The molecule has 0 bridgehead atoms. The van der Waals surface area contributed by atoms with Gasteiger partial charge in [0.05, 0.1) is 6.54 Å². The van der Waals surface area contributed by atoms with Crippen molar-refractivity contribution in [3.63, 3.8) is 0 Å². The number of aryl methyl sites for hydroxylation is 1. The molecule has 1 fully saturated rings. The second-order valence-corrected chi connectivity index (χ2v) is 9.77. The lowest BCUT2D eigenvalue weighted by atomic mass is 9.90. The Morgan fingerprint density at radius 3 is 2.68 bits per heavy atom. The van der Waals surface area contributed by atoms with Crippen molar-refractivity contribution in [3.05, 3.63) is 51.6 Å². The highest BCUT2D eigenvalue weighted by atomic mass is 16.2. The van der Waals surface area contributed by atoms with Crippen LogP contribution in [0.15, 0.2) is 29.1 Å². The third-order valence-corrected chi connectivity index (χ3v) is 5.69. The third kappa shape index (κ3) is 4.84. The predicted molar refractivity (Wildman–Crippen MR) is 119 cm³/mol. The Balaban J connectivity index is 1.60. The summed E-state index contributed by atoms with van der Waals surface area (Å²) in [5.41, 5.74) is 2.64. The molecule has 3 heterocycles. The van der Waals surface area contributed by atoms with Gasteiger partial charge in [0.1, 0.15) is 5.82 Å². The lowest BCUT2D eigenvalue weighted by Gasteiger charge is -2.34. The molecule has 1 amide bonds. The Labute approximate surface area is 181 Å². The number of hydrogen-bond donors (Lipinski definition) is 1. The van der Waals surface area contributed by atoms with Crippen molar-refractivity contribution in [3.8, 4) is 0 Å². The van der Waals surface area contributed by atoms with E-state index in [0.29, 0.717) is 31.0 Å². The number of nitrogens with one attached hydrogen (secondary N) is 1. The van der Waals surface area contributed by atoms with Crippen LogP contribution >= 0.6 is 0 Å². The summed E-state index contributed by atoms with van der Waals surface area (Å²) in [6, 6.07) is 8.17. The molecule has 0 radical (unpaired) electrons. The number of carbonyl (C=O) groups is 1. The van der Waals surface area contributed by atoms with Crippen molar-refractivity contribution in [2.75, 3.05) is 13.1 Å². The summed E-state index contributed by atoms with van der Waals surface area (Å²) in [6.45, 7) is 10.1. The van der Waals surface area contributed by atoms with Gasteiger partial charge in [0, 0.05) is 25.4 Å². The van der Waals surface area contributed by atoms with E-state index >= 15 is 0 Å². The number of benzene rings is 1. The molecule has 2 aromatic heterocycles. The lowest BCUT2D eigenvalue weighted by Crippen LogP contribution is -2.41. The average Bonchev–Trinajstić information content (AvgIpc) is 3.12. The molecule has 0 aliphatic carbocycles. The molecule has 1 aromatic carbocycles. The maximum absolute atomic E-state index is 12.7. The molecule has 8 nitrogen and oxygen atoms in total. The molecule has 1 aliphatic heterocycles. The summed E-state index contributed by atoms with van der Waals surface area (Å²) in [5.74, 6) is 0.766. The molecular weight excluding hydrogens is 392 g/mol. The number of aromatic amines is 1. The molecule has 1 saturated heterocycles. The van der Waals surface area contributed by atoms with Crippen LogP contribution in [-0.4, -0.2) is 48.9 Å². The number of carbonyl (C=O) groups excluding carboxylic acids is 1. The van der Waals surface area contributed by atoms with Crippen LogP contribution in [0, 0.1) is 12.3 Å². The molecule has 1 aliphatic rings. The Morgan fingerprint density at radius 1 is 1.23 bits per heavy atom. The van der Waals surface area contributed by atoms with E-state index in [1.165, 1.54) is 5.56 Å². The van der Waals surface area contributed by atoms with E-state index in [9.17, 15) is 9.59 Å². The highest BCUT2D eigenvalue weighted by Crippen LogP contribution is 2.27. The van der Waals surface area contributed by atoms with Crippen LogP contribution in [0.4, 0.5) is 0 Å². The minimum absolute atomic E-state index is 0.00232. The zero-order valence-corrected chi connectivity index (χ0v) is 18.7. The summed E-state index contributed by atoms with van der Waals surface area (Å²) in [7, 11) is 0. The van der Waals surface area contributed by atoms with Gasteiger partial charge in [-0.05, 0) is 30.7 Å². The van der Waals surface area contributed by atoms with Crippen molar-refractivity contribution in [2.24, 2.45) is 5.41 Å². The SMILES string of the molecule is Cc1ccc(Cn2nnc3c(=O)[nH]c([C@H]4CCCN(C(=O)CC(C)(C)C)C4)nc32)cc1. The fourth-order valence-electron chi connectivity index (χ4n) is 4.04. The second-order valence-electron chi connectivity index (χ2n) is 9.77. The minimum atomic E-state index is -0.284. The van der Waals surface area contributed by atoms with Gasteiger partial charge in [0.15, 0.2) is 11.2 Å². The first-order chi connectivity index (χ1) is 14.7. The van der Waals surface area contributed by atoms with Crippen molar-refractivity contribution < 1.29 is 4.79 Å². The molecule has 164 valence electrons. The van der Waals surface area contributed by atoms with Gasteiger partial charge in [-0.3, -0.25) is 9.59 Å². The first-order valence-electron chi connectivity index (χ1n) is 10.9. The van der Waals surface area contributed by atoms with E-state index in [1.54, 1.807) is 4.68 Å². The largest absolute Gasteiger partial charge is 0.342 e. The number of aromatic nitrogens is 5. The number of H-pyrrole nitrogens is 1. The monoisotopic (exact) mass is 422 g/mol. The summed E-state index contributed by atoms with van der Waals surface area (Å²) >= 11 is 0. The van der Waals surface area contributed by atoms with E-state index in [2.05, 4.69) is 36.1 Å². The third-order valence-electron chi connectivity index (χ3n) is 5.69. The average molecular weight is 423 g/mol. The Kier molecular flexibility index (Phi) is 5.64. The van der Waals surface area contributed by atoms with Gasteiger partial charge < -0.3 is 9.88 Å². The molecule has 0 spiro atoms. The van der Waals surface area contributed by atoms with Gasteiger partial charge in [-0.2, -0.15) is 0 Å². The number of rotatable bonds is 4. The number of hydrogen-bond acceptors (Lipinski definition) is 5. The van der Waals surface area contributed by atoms with Crippen LogP contribution in [0.5, 0.6) is 0 Å². The number of fused-ring (bicyclic) bond motifs is 1. The van der Waals surface area contributed by atoms with Crippen molar-refractivity contribution in [1.82, 2.24) is 29.9 Å². The topological polar surface area (TPSA) is 96.8 Å². The van der Waals surface area contributed by atoms with Gasteiger partial charge >= 0.3 is 0 Å². The van der Waals surface area contributed by atoms with Gasteiger partial charge in [-0.15, -0.1) is 5.10 Å². The number of likely N-dealkylation sites (tertiary alicyclic amines) is 1. The minimum Gasteiger partial charge on any atom is -0.342 e. The highest BCUT2D eigenvalue weighted by molar-refractivity contribution is 5.77. The maximum atomic E-state index is 12.7. The van der Waals surface area contributed by atoms with Crippen LogP contribution in [0.1, 0.15) is 62.9 Å². The molecule has 31 heavy (non-hydrogen) atoms. The van der Waals surface area contributed by atoms with E-state index < -0.39 is 0 Å². The van der Waals surface area contributed by atoms with E-state index in [0.717, 1.165) is 24.9 Å². The number of amides is 1. The highest BCUT2D eigenvalue weighted by Gasteiger charge is 2.29. The Morgan fingerprint density at radius 2 is 1.97 bits per heavy atom. The summed E-state index contributed by atoms with van der Waals surface area (Å²) in [5, 5.41) is 8.21. The van der Waals surface area contributed by atoms with Gasteiger partial charge in [0.2, 0.25) is 5.91 Å². The first-order valence-corrected chi connectivity index (χ1v) is 10.9. The molecule has 0 unspecified atom stereocenters. The lowest BCUT2D eigenvalue weighted by molar-refractivity contribution is -0.134. The number of piperidine rings is 1. The van der Waals surface area contributed by atoms with Crippen molar-refractivity contribution in [1.29, 1.82) is 0 Å². The zero-order valence-electron chi connectivity index (χ0n) is 18.7. The standard InChI is InChI=1S/C23H30N6O2/c1-15-7-9-16(10-8-15)13-29-21-19(26-27-29)22(31)25-20(24-21)17-6-5-11-28(14-17)18(30)12-23(2,3)4/h7-10,17H,5-6,11-14H2,1-4H3,(H,24,25,31)/t17-/m0/s1. The predicted octanol–water partition coefficient (Wildman–Crippen LogP) is 3.01. The quantitative estimate of drug-likeness (QED) is 0.697. The van der Waals surface area contributed by atoms with Gasteiger partial charge in [0.25, 0.3) is 5.56 Å². The summed E-state index contributed by atoms with van der Waals surface area (Å²) in [6.07, 6.45) is 2.28.